The zero-order valence-electron chi connectivity index (χ0n) is 23.6. The van der Waals surface area contributed by atoms with Gasteiger partial charge in [0.1, 0.15) is 6.61 Å². The Kier molecular flexibility index (Phi) is 8.17. The number of amides is 3. The van der Waals surface area contributed by atoms with Crippen molar-refractivity contribution in [3.63, 3.8) is 0 Å². The number of cyclic esters (lactones) is 1. The summed E-state index contributed by atoms with van der Waals surface area (Å²) in [6, 6.07) is 33.7. The zero-order chi connectivity index (χ0) is 28.9. The lowest BCUT2D eigenvalue weighted by molar-refractivity contribution is -0.140. The Hall–Kier alpha value is -4.65. The van der Waals surface area contributed by atoms with E-state index in [0.717, 1.165) is 40.7 Å². The fraction of sp³-hybridized carbons (Fsp3) is 0.286. The number of rotatable bonds is 8. The van der Waals surface area contributed by atoms with E-state index in [9.17, 15) is 14.4 Å². The van der Waals surface area contributed by atoms with Crippen LogP contribution in [-0.4, -0.2) is 66.5 Å². The molecule has 0 saturated carbocycles. The van der Waals surface area contributed by atoms with E-state index in [1.807, 2.05) is 95.9 Å². The molecule has 3 amide bonds. The van der Waals surface area contributed by atoms with Crippen molar-refractivity contribution >= 4 is 34.4 Å². The molecule has 2 saturated heterocycles. The molecule has 4 aromatic carbocycles. The lowest BCUT2D eigenvalue weighted by Gasteiger charge is -2.37. The second-order valence-electron chi connectivity index (χ2n) is 11.1. The number of imide groups is 1. The Morgan fingerprint density at radius 1 is 0.786 bits per heavy atom. The van der Waals surface area contributed by atoms with Crippen molar-refractivity contribution in [3.8, 4) is 0 Å². The number of piperazine rings is 1. The van der Waals surface area contributed by atoms with Gasteiger partial charge in [-0.25, -0.2) is 9.69 Å². The fourth-order valence-corrected chi connectivity index (χ4v) is 6.14. The van der Waals surface area contributed by atoms with Crippen LogP contribution in [0.1, 0.15) is 17.5 Å². The van der Waals surface area contributed by atoms with Crippen LogP contribution in [-0.2, 0) is 27.2 Å². The van der Waals surface area contributed by atoms with Crippen LogP contribution in [0.3, 0.4) is 0 Å². The molecule has 0 spiro atoms. The number of hydrogen-bond donors (Lipinski definition) is 0. The fourth-order valence-electron chi connectivity index (χ4n) is 6.14. The zero-order valence-corrected chi connectivity index (χ0v) is 23.6. The van der Waals surface area contributed by atoms with E-state index < -0.39 is 18.1 Å². The lowest BCUT2D eigenvalue weighted by Crippen LogP contribution is -2.50. The maximum Gasteiger partial charge on any atom is 0.416 e. The first-order valence-corrected chi connectivity index (χ1v) is 14.6. The summed E-state index contributed by atoms with van der Waals surface area (Å²) in [5.74, 6) is -1.10. The number of benzene rings is 4. The van der Waals surface area contributed by atoms with Crippen molar-refractivity contribution in [3.05, 3.63) is 114 Å². The summed E-state index contributed by atoms with van der Waals surface area (Å²) in [5, 5.41) is 2.12. The van der Waals surface area contributed by atoms with Gasteiger partial charge in [0.05, 0.1) is 12.0 Å². The number of fused-ring (bicyclic) bond motifs is 1. The van der Waals surface area contributed by atoms with Crippen molar-refractivity contribution in [2.24, 2.45) is 5.92 Å². The minimum absolute atomic E-state index is 0.0369. The van der Waals surface area contributed by atoms with Crippen LogP contribution >= 0.6 is 0 Å². The van der Waals surface area contributed by atoms with Gasteiger partial charge in [-0.1, -0.05) is 91.0 Å². The predicted octanol–water partition coefficient (Wildman–Crippen LogP) is 5.33. The Bertz CT molecular complexity index is 1550. The maximum absolute atomic E-state index is 14.2. The normalized spacial score (nSPS) is 17.8. The second-order valence-corrected chi connectivity index (χ2v) is 11.1. The van der Waals surface area contributed by atoms with Crippen LogP contribution in [0.5, 0.6) is 0 Å². The third-order valence-electron chi connectivity index (χ3n) is 8.38. The summed E-state index contributed by atoms with van der Waals surface area (Å²) in [7, 11) is 0. The molecule has 6 rings (SSSR count). The molecule has 0 unspecified atom stereocenters. The van der Waals surface area contributed by atoms with Gasteiger partial charge < -0.3 is 14.5 Å². The summed E-state index contributed by atoms with van der Waals surface area (Å²) in [6.45, 7) is 2.79. The highest BCUT2D eigenvalue weighted by Crippen LogP contribution is 2.28. The summed E-state index contributed by atoms with van der Waals surface area (Å²) in [6.07, 6.45) is 0.273. The van der Waals surface area contributed by atoms with Gasteiger partial charge in [-0.3, -0.25) is 9.59 Å². The largest absolute Gasteiger partial charge is 0.447 e. The third kappa shape index (κ3) is 6.00. The molecule has 0 aromatic heterocycles. The van der Waals surface area contributed by atoms with Crippen molar-refractivity contribution in [2.45, 2.75) is 25.3 Å². The molecule has 0 N–H and O–H groups in total. The number of carbonyl (C=O) groups is 3. The summed E-state index contributed by atoms with van der Waals surface area (Å²) in [4.78, 5) is 46.2. The first-order valence-electron chi connectivity index (χ1n) is 14.6. The van der Waals surface area contributed by atoms with E-state index in [4.69, 9.17) is 4.74 Å². The smallest absolute Gasteiger partial charge is 0.416 e. The highest BCUT2D eigenvalue weighted by molar-refractivity contribution is 5.97. The number of carbonyl (C=O) groups excluding carboxylic acids is 3. The average molecular weight is 562 g/mol. The molecule has 7 nitrogen and oxygen atoms in total. The number of para-hydroxylation sites is 1. The summed E-state index contributed by atoms with van der Waals surface area (Å²) in [5.41, 5.74) is 3.16. The Balaban J connectivity index is 1.23. The molecule has 2 fully saturated rings. The molecule has 0 bridgehead atoms. The minimum Gasteiger partial charge on any atom is -0.447 e. The van der Waals surface area contributed by atoms with E-state index in [0.29, 0.717) is 25.9 Å². The van der Waals surface area contributed by atoms with Crippen LogP contribution in [0.25, 0.3) is 10.8 Å². The average Bonchev–Trinajstić information content (AvgIpc) is 3.40. The minimum atomic E-state index is -0.695. The molecule has 2 heterocycles. The summed E-state index contributed by atoms with van der Waals surface area (Å²) < 4.78 is 5.38. The van der Waals surface area contributed by atoms with Crippen molar-refractivity contribution in [1.82, 2.24) is 9.80 Å². The molecule has 0 radical (unpaired) electrons. The van der Waals surface area contributed by atoms with Gasteiger partial charge in [0.2, 0.25) is 11.8 Å². The van der Waals surface area contributed by atoms with Gasteiger partial charge in [-0.15, -0.1) is 0 Å². The highest BCUT2D eigenvalue weighted by atomic mass is 16.6. The number of anilines is 1. The van der Waals surface area contributed by atoms with Crippen LogP contribution in [0.2, 0.25) is 0 Å². The molecule has 2 aliphatic rings. The van der Waals surface area contributed by atoms with E-state index >= 15 is 0 Å². The molecule has 0 aliphatic carbocycles. The number of nitrogens with zero attached hydrogens (tertiary/aromatic N) is 3. The van der Waals surface area contributed by atoms with Crippen molar-refractivity contribution in [2.75, 3.05) is 37.7 Å². The highest BCUT2D eigenvalue weighted by Gasteiger charge is 2.42. The van der Waals surface area contributed by atoms with Gasteiger partial charge in [0, 0.05) is 38.3 Å². The molecule has 42 heavy (non-hydrogen) atoms. The molecule has 4 aromatic rings. The first kappa shape index (κ1) is 27.5. The van der Waals surface area contributed by atoms with Gasteiger partial charge in [-0.05, 0) is 46.9 Å². The van der Waals surface area contributed by atoms with Crippen LogP contribution < -0.4 is 4.90 Å². The summed E-state index contributed by atoms with van der Waals surface area (Å²) >= 11 is 0. The Morgan fingerprint density at radius 3 is 2.21 bits per heavy atom. The topological polar surface area (TPSA) is 70.2 Å². The monoisotopic (exact) mass is 561 g/mol. The molecule has 214 valence electrons. The third-order valence-corrected chi connectivity index (χ3v) is 8.38. The van der Waals surface area contributed by atoms with Crippen LogP contribution in [0.4, 0.5) is 10.5 Å². The number of hydrogen-bond acceptors (Lipinski definition) is 5. The van der Waals surface area contributed by atoms with Gasteiger partial charge >= 0.3 is 6.09 Å². The predicted molar refractivity (Wildman–Crippen MR) is 163 cm³/mol. The first-order chi connectivity index (χ1) is 20.6. The van der Waals surface area contributed by atoms with Crippen molar-refractivity contribution < 1.29 is 19.1 Å². The SMILES string of the molecule is O=C(C[C@@H](Cc1cccc2ccccc12)C(=O)N1C(=O)OC[C@@H]1Cc1ccccc1)N1CCN(c2ccccc2)CC1. The van der Waals surface area contributed by atoms with Crippen LogP contribution in [0.15, 0.2) is 103 Å². The second kappa shape index (κ2) is 12.5. The van der Waals surface area contributed by atoms with Crippen LogP contribution in [0, 0.1) is 5.92 Å². The lowest BCUT2D eigenvalue weighted by atomic mass is 9.90. The van der Waals surface area contributed by atoms with E-state index in [1.165, 1.54) is 4.90 Å². The molecule has 2 atom stereocenters. The maximum atomic E-state index is 14.2. The molecular formula is C35H35N3O4. The van der Waals surface area contributed by atoms with Gasteiger partial charge in [0.25, 0.3) is 0 Å². The number of ether oxygens (including phenoxy) is 1. The van der Waals surface area contributed by atoms with Gasteiger partial charge in [-0.2, -0.15) is 0 Å². The van der Waals surface area contributed by atoms with E-state index in [-0.39, 0.29) is 24.8 Å². The Morgan fingerprint density at radius 2 is 1.45 bits per heavy atom. The van der Waals surface area contributed by atoms with Crippen molar-refractivity contribution in [1.29, 1.82) is 0 Å². The molecule has 7 heteroatoms. The quantitative estimate of drug-likeness (QED) is 0.291. The molecule has 2 aliphatic heterocycles. The van der Waals surface area contributed by atoms with E-state index in [2.05, 4.69) is 17.0 Å². The van der Waals surface area contributed by atoms with Gasteiger partial charge in [0.15, 0.2) is 0 Å². The van der Waals surface area contributed by atoms with E-state index in [1.54, 1.807) is 0 Å². The standard InChI is InChI=1S/C35H35N3O4/c39-33(37-20-18-36(19-21-37)30-15-5-2-6-16-30)24-29(23-28-14-9-13-27-12-7-8-17-32(27)28)34(40)38-31(25-42-35(38)41)22-26-10-3-1-4-11-26/h1-17,29,31H,18-25H2/t29-,31+/m1/s1. The molecular weight excluding hydrogens is 526 g/mol. The Labute approximate surface area is 246 Å².